The van der Waals surface area contributed by atoms with Gasteiger partial charge in [-0.05, 0) is 23.3 Å². The normalized spacial score (nSPS) is 10.8. The number of benzene rings is 2. The second kappa shape index (κ2) is 7.23. The number of para-hydroxylation sites is 1. The van der Waals surface area contributed by atoms with E-state index in [1.54, 1.807) is 12.4 Å². The molecule has 0 aliphatic rings. The zero-order valence-corrected chi connectivity index (χ0v) is 14.3. The van der Waals surface area contributed by atoms with Crippen LogP contribution >= 0.6 is 0 Å². The lowest BCUT2D eigenvalue weighted by Gasteiger charge is -2.05. The Hall–Kier alpha value is -3.40. The topological polar surface area (TPSA) is 46.9 Å². The van der Waals surface area contributed by atoms with Crippen LogP contribution in [0.4, 0.5) is 0 Å². The molecule has 128 valence electrons. The molecule has 26 heavy (non-hydrogen) atoms. The van der Waals surface area contributed by atoms with Crippen LogP contribution in [0, 0.1) is 0 Å². The largest absolute Gasteiger partial charge is 0.348 e. The Balaban J connectivity index is 1.61. The van der Waals surface area contributed by atoms with Gasteiger partial charge in [0.1, 0.15) is 0 Å². The minimum absolute atomic E-state index is 0.0723. The molecule has 0 unspecified atom stereocenters. The van der Waals surface area contributed by atoms with Crippen LogP contribution in [0.25, 0.3) is 10.9 Å². The van der Waals surface area contributed by atoms with Crippen molar-refractivity contribution in [3.63, 3.8) is 0 Å². The van der Waals surface area contributed by atoms with Crippen molar-refractivity contribution in [1.29, 1.82) is 0 Å². The minimum Gasteiger partial charge on any atom is -0.348 e. The van der Waals surface area contributed by atoms with Crippen molar-refractivity contribution in [2.75, 3.05) is 0 Å². The van der Waals surface area contributed by atoms with Gasteiger partial charge < -0.3 is 9.88 Å². The van der Waals surface area contributed by atoms with Crippen molar-refractivity contribution in [1.82, 2.24) is 14.9 Å². The summed E-state index contributed by atoms with van der Waals surface area (Å²) in [6.07, 6.45) is 5.43. The van der Waals surface area contributed by atoms with E-state index in [0.29, 0.717) is 12.1 Å². The van der Waals surface area contributed by atoms with E-state index in [0.717, 1.165) is 23.0 Å². The predicted molar refractivity (Wildman–Crippen MR) is 103 cm³/mol. The molecule has 4 rings (SSSR count). The first-order valence-electron chi connectivity index (χ1n) is 8.60. The second-order valence-corrected chi connectivity index (χ2v) is 6.22. The molecule has 0 fully saturated rings. The number of fused-ring (bicyclic) bond motifs is 1. The zero-order valence-electron chi connectivity index (χ0n) is 14.3. The summed E-state index contributed by atoms with van der Waals surface area (Å²) in [5.41, 5.74) is 3.94. The summed E-state index contributed by atoms with van der Waals surface area (Å²) >= 11 is 0. The smallest absolute Gasteiger partial charge is 0.253 e. The molecule has 1 amide bonds. The van der Waals surface area contributed by atoms with Gasteiger partial charge in [0.15, 0.2) is 0 Å². The summed E-state index contributed by atoms with van der Waals surface area (Å²) in [5, 5.41) is 3.96. The molecule has 4 nitrogen and oxygen atoms in total. The third-order valence-corrected chi connectivity index (χ3v) is 4.40. The SMILES string of the molecule is O=C(NCc1cccnc1)c1cn(Cc2ccccc2)c2ccccc12. The number of rotatable bonds is 5. The lowest BCUT2D eigenvalue weighted by atomic mass is 10.1. The fourth-order valence-corrected chi connectivity index (χ4v) is 3.12. The van der Waals surface area contributed by atoms with Gasteiger partial charge in [0, 0.05) is 42.6 Å². The lowest BCUT2D eigenvalue weighted by molar-refractivity contribution is 0.0952. The van der Waals surface area contributed by atoms with Gasteiger partial charge in [0.05, 0.1) is 5.56 Å². The first-order valence-corrected chi connectivity index (χ1v) is 8.60. The number of hydrogen-bond donors (Lipinski definition) is 1. The van der Waals surface area contributed by atoms with Crippen molar-refractivity contribution in [3.05, 3.63) is 102 Å². The van der Waals surface area contributed by atoms with E-state index in [1.165, 1.54) is 5.56 Å². The molecule has 0 radical (unpaired) electrons. The quantitative estimate of drug-likeness (QED) is 0.596. The second-order valence-electron chi connectivity index (χ2n) is 6.22. The number of hydrogen-bond acceptors (Lipinski definition) is 2. The van der Waals surface area contributed by atoms with Gasteiger partial charge in [-0.3, -0.25) is 9.78 Å². The van der Waals surface area contributed by atoms with E-state index in [2.05, 4.69) is 33.1 Å². The van der Waals surface area contributed by atoms with Crippen molar-refractivity contribution in [3.8, 4) is 0 Å². The highest BCUT2D eigenvalue weighted by Crippen LogP contribution is 2.22. The highest BCUT2D eigenvalue weighted by molar-refractivity contribution is 6.07. The molecule has 4 heteroatoms. The number of carbonyl (C=O) groups excluding carboxylic acids is 1. The first kappa shape index (κ1) is 16.1. The van der Waals surface area contributed by atoms with Crippen LogP contribution in [-0.2, 0) is 13.1 Å². The van der Waals surface area contributed by atoms with Crippen LogP contribution in [0.5, 0.6) is 0 Å². The Bertz CT molecular complexity index is 1020. The van der Waals surface area contributed by atoms with Crippen LogP contribution in [0.15, 0.2) is 85.3 Å². The highest BCUT2D eigenvalue weighted by atomic mass is 16.1. The number of nitrogens with one attached hydrogen (secondary N) is 1. The number of pyridine rings is 1. The van der Waals surface area contributed by atoms with Crippen molar-refractivity contribution in [2.45, 2.75) is 13.1 Å². The summed E-state index contributed by atoms with van der Waals surface area (Å²) in [6, 6.07) is 22.1. The lowest BCUT2D eigenvalue weighted by Crippen LogP contribution is -2.22. The van der Waals surface area contributed by atoms with E-state index >= 15 is 0 Å². The molecule has 0 aliphatic heterocycles. The molecular formula is C22H19N3O. The zero-order chi connectivity index (χ0) is 17.8. The van der Waals surface area contributed by atoms with Gasteiger partial charge in [0.25, 0.3) is 5.91 Å². The number of aromatic nitrogens is 2. The van der Waals surface area contributed by atoms with Gasteiger partial charge in [0.2, 0.25) is 0 Å². The fraction of sp³-hybridized carbons (Fsp3) is 0.0909. The van der Waals surface area contributed by atoms with Crippen molar-refractivity contribution >= 4 is 16.8 Å². The van der Waals surface area contributed by atoms with E-state index < -0.39 is 0 Å². The third-order valence-electron chi connectivity index (χ3n) is 4.40. The van der Waals surface area contributed by atoms with Gasteiger partial charge in [-0.2, -0.15) is 0 Å². The minimum atomic E-state index is -0.0723. The van der Waals surface area contributed by atoms with Crippen LogP contribution in [-0.4, -0.2) is 15.5 Å². The Kier molecular flexibility index (Phi) is 4.48. The average Bonchev–Trinajstić information content (AvgIpc) is 3.06. The van der Waals surface area contributed by atoms with Gasteiger partial charge >= 0.3 is 0 Å². The molecule has 0 aliphatic carbocycles. The molecule has 0 saturated carbocycles. The van der Waals surface area contributed by atoms with E-state index in [4.69, 9.17) is 0 Å². The van der Waals surface area contributed by atoms with Gasteiger partial charge in [-0.15, -0.1) is 0 Å². The standard InChI is InChI=1S/C22H19N3O/c26-22(24-14-18-9-6-12-23-13-18)20-16-25(15-17-7-2-1-3-8-17)21-11-5-4-10-19(20)21/h1-13,16H,14-15H2,(H,24,26). The van der Waals surface area contributed by atoms with Crippen LogP contribution in [0.2, 0.25) is 0 Å². The van der Waals surface area contributed by atoms with E-state index in [1.807, 2.05) is 54.7 Å². The Labute approximate surface area is 152 Å². The highest BCUT2D eigenvalue weighted by Gasteiger charge is 2.14. The van der Waals surface area contributed by atoms with E-state index in [-0.39, 0.29) is 5.91 Å². The van der Waals surface area contributed by atoms with Crippen molar-refractivity contribution < 1.29 is 4.79 Å². The molecular weight excluding hydrogens is 322 g/mol. The van der Waals surface area contributed by atoms with Crippen LogP contribution < -0.4 is 5.32 Å². The summed E-state index contributed by atoms with van der Waals surface area (Å²) < 4.78 is 2.13. The molecule has 2 aromatic heterocycles. The van der Waals surface area contributed by atoms with Gasteiger partial charge in [-0.25, -0.2) is 0 Å². The number of nitrogens with zero attached hydrogens (tertiary/aromatic N) is 2. The summed E-state index contributed by atoms with van der Waals surface area (Å²) in [6.45, 7) is 1.20. The first-order chi connectivity index (χ1) is 12.8. The van der Waals surface area contributed by atoms with Gasteiger partial charge in [-0.1, -0.05) is 54.6 Å². The number of amides is 1. The molecule has 2 aromatic carbocycles. The van der Waals surface area contributed by atoms with Crippen LogP contribution in [0.3, 0.4) is 0 Å². The average molecular weight is 341 g/mol. The Morgan fingerprint density at radius 1 is 0.923 bits per heavy atom. The molecule has 0 saturated heterocycles. The van der Waals surface area contributed by atoms with Crippen LogP contribution in [0.1, 0.15) is 21.5 Å². The fourth-order valence-electron chi connectivity index (χ4n) is 3.12. The third kappa shape index (κ3) is 3.35. The summed E-state index contributed by atoms with van der Waals surface area (Å²) in [7, 11) is 0. The molecule has 0 bridgehead atoms. The molecule has 0 spiro atoms. The maximum atomic E-state index is 12.8. The molecule has 4 aromatic rings. The predicted octanol–water partition coefficient (Wildman–Crippen LogP) is 4.01. The molecule has 1 N–H and O–H groups in total. The maximum absolute atomic E-state index is 12.8. The van der Waals surface area contributed by atoms with Crippen molar-refractivity contribution in [2.24, 2.45) is 0 Å². The molecule has 2 heterocycles. The summed E-state index contributed by atoms with van der Waals surface area (Å²) in [4.78, 5) is 16.8. The molecule has 0 atom stereocenters. The van der Waals surface area contributed by atoms with E-state index in [9.17, 15) is 4.79 Å². The Morgan fingerprint density at radius 2 is 1.69 bits per heavy atom. The number of carbonyl (C=O) groups is 1. The maximum Gasteiger partial charge on any atom is 0.253 e. The monoisotopic (exact) mass is 341 g/mol. The summed E-state index contributed by atoms with van der Waals surface area (Å²) in [5.74, 6) is -0.0723. The Morgan fingerprint density at radius 3 is 2.50 bits per heavy atom.